The molecule has 8 heteroatoms. The predicted octanol–water partition coefficient (Wildman–Crippen LogP) is 3.32. The summed E-state index contributed by atoms with van der Waals surface area (Å²) in [5, 5.41) is 5.90. The number of pyridine rings is 2. The molecule has 0 aliphatic carbocycles. The van der Waals surface area contributed by atoms with Gasteiger partial charge in [0.15, 0.2) is 0 Å². The summed E-state index contributed by atoms with van der Waals surface area (Å²) in [5.41, 5.74) is 1.55. The maximum absolute atomic E-state index is 12.5. The molecular formula is C20H17ClN4O3. The smallest absolute Gasteiger partial charge is 0.274 e. The van der Waals surface area contributed by atoms with Crippen LogP contribution in [0.25, 0.3) is 0 Å². The van der Waals surface area contributed by atoms with E-state index in [4.69, 9.17) is 16.3 Å². The van der Waals surface area contributed by atoms with Crippen LogP contribution in [0, 0.1) is 0 Å². The molecule has 142 valence electrons. The molecule has 0 spiro atoms. The lowest BCUT2D eigenvalue weighted by atomic mass is 10.2. The minimum Gasteiger partial charge on any atom is -0.495 e. The third kappa shape index (κ3) is 4.83. The van der Waals surface area contributed by atoms with E-state index in [1.54, 1.807) is 30.5 Å². The topological polar surface area (TPSA) is 93.2 Å². The lowest BCUT2D eigenvalue weighted by molar-refractivity contribution is 0.0950. The Labute approximate surface area is 166 Å². The molecular weight excluding hydrogens is 380 g/mol. The van der Waals surface area contributed by atoms with Crippen molar-refractivity contribution in [2.75, 3.05) is 12.4 Å². The molecule has 0 unspecified atom stereocenters. The van der Waals surface area contributed by atoms with Crippen LogP contribution in [0.5, 0.6) is 5.75 Å². The van der Waals surface area contributed by atoms with Gasteiger partial charge in [-0.1, -0.05) is 17.7 Å². The number of nitrogens with one attached hydrogen (secondary N) is 2. The first-order valence-corrected chi connectivity index (χ1v) is 8.73. The van der Waals surface area contributed by atoms with Gasteiger partial charge in [0.2, 0.25) is 0 Å². The Morgan fingerprint density at radius 2 is 1.89 bits per heavy atom. The average Bonchev–Trinajstić information content (AvgIpc) is 2.73. The Balaban J connectivity index is 1.71. The SMILES string of the molecule is COc1ccc(Cl)cc1NC(=O)c1cc(C(=O)NCc2ccccn2)ccn1. The largest absolute Gasteiger partial charge is 0.495 e. The van der Waals surface area contributed by atoms with Crippen LogP contribution in [-0.4, -0.2) is 28.9 Å². The number of nitrogens with zero attached hydrogens (tertiary/aromatic N) is 2. The number of rotatable bonds is 6. The molecule has 0 radical (unpaired) electrons. The van der Waals surface area contributed by atoms with E-state index in [9.17, 15) is 9.59 Å². The third-order valence-electron chi connectivity index (χ3n) is 3.82. The van der Waals surface area contributed by atoms with E-state index in [1.807, 2.05) is 12.1 Å². The molecule has 0 fully saturated rings. The molecule has 0 bridgehead atoms. The molecule has 3 aromatic rings. The standard InChI is InChI=1S/C20H17ClN4O3/c1-28-18-6-5-14(21)11-16(18)25-20(27)17-10-13(7-9-23-17)19(26)24-12-15-4-2-3-8-22-15/h2-11H,12H2,1H3,(H,24,26)(H,25,27). The van der Waals surface area contributed by atoms with Crippen LogP contribution in [0.4, 0.5) is 5.69 Å². The van der Waals surface area contributed by atoms with Gasteiger partial charge in [0, 0.05) is 23.0 Å². The van der Waals surface area contributed by atoms with Crippen LogP contribution in [0.2, 0.25) is 5.02 Å². The summed E-state index contributed by atoms with van der Waals surface area (Å²) in [4.78, 5) is 33.1. The molecule has 0 aliphatic heterocycles. The molecule has 0 saturated carbocycles. The van der Waals surface area contributed by atoms with Crippen molar-refractivity contribution < 1.29 is 14.3 Å². The number of benzene rings is 1. The molecule has 3 rings (SSSR count). The van der Waals surface area contributed by atoms with Gasteiger partial charge in [-0.25, -0.2) is 0 Å². The first kappa shape index (κ1) is 19.3. The van der Waals surface area contributed by atoms with E-state index in [0.717, 1.165) is 5.69 Å². The van der Waals surface area contributed by atoms with Crippen molar-refractivity contribution in [1.29, 1.82) is 0 Å². The Kier molecular flexibility index (Phi) is 6.18. The summed E-state index contributed by atoms with van der Waals surface area (Å²) in [5.74, 6) is -0.357. The second-order valence-electron chi connectivity index (χ2n) is 5.73. The molecule has 1 aromatic carbocycles. The van der Waals surface area contributed by atoms with E-state index in [1.165, 1.54) is 25.4 Å². The van der Waals surface area contributed by atoms with Crippen molar-refractivity contribution in [1.82, 2.24) is 15.3 Å². The second kappa shape index (κ2) is 8.96. The lowest BCUT2D eigenvalue weighted by Crippen LogP contribution is -2.24. The van der Waals surface area contributed by atoms with Gasteiger partial charge < -0.3 is 15.4 Å². The van der Waals surface area contributed by atoms with Gasteiger partial charge in [-0.2, -0.15) is 0 Å². The molecule has 0 atom stereocenters. The Morgan fingerprint density at radius 1 is 1.04 bits per heavy atom. The zero-order chi connectivity index (χ0) is 19.9. The summed E-state index contributed by atoms with van der Waals surface area (Å²) in [6.45, 7) is 0.281. The number of methoxy groups -OCH3 is 1. The highest BCUT2D eigenvalue weighted by atomic mass is 35.5. The number of ether oxygens (including phenoxy) is 1. The number of hydrogen-bond acceptors (Lipinski definition) is 5. The fourth-order valence-electron chi connectivity index (χ4n) is 2.44. The van der Waals surface area contributed by atoms with Gasteiger partial charge in [0.05, 0.1) is 25.0 Å². The van der Waals surface area contributed by atoms with Gasteiger partial charge in [-0.15, -0.1) is 0 Å². The number of anilines is 1. The molecule has 28 heavy (non-hydrogen) atoms. The first-order chi connectivity index (χ1) is 13.6. The van der Waals surface area contributed by atoms with E-state index in [-0.39, 0.29) is 18.1 Å². The summed E-state index contributed by atoms with van der Waals surface area (Å²) in [6, 6.07) is 13.3. The average molecular weight is 397 g/mol. The molecule has 7 nitrogen and oxygen atoms in total. The maximum atomic E-state index is 12.5. The van der Waals surface area contributed by atoms with Gasteiger partial charge in [-0.3, -0.25) is 19.6 Å². The second-order valence-corrected chi connectivity index (χ2v) is 6.17. The maximum Gasteiger partial charge on any atom is 0.274 e. The fourth-order valence-corrected chi connectivity index (χ4v) is 2.61. The quantitative estimate of drug-likeness (QED) is 0.666. The monoisotopic (exact) mass is 396 g/mol. The van der Waals surface area contributed by atoms with Crippen molar-refractivity contribution in [2.24, 2.45) is 0 Å². The van der Waals surface area contributed by atoms with Crippen LogP contribution in [0.15, 0.2) is 60.9 Å². The number of carbonyl (C=O) groups excluding carboxylic acids is 2. The van der Waals surface area contributed by atoms with Crippen LogP contribution in [0.3, 0.4) is 0 Å². The molecule has 2 heterocycles. The highest BCUT2D eigenvalue weighted by Gasteiger charge is 2.14. The van der Waals surface area contributed by atoms with Crippen molar-refractivity contribution in [2.45, 2.75) is 6.54 Å². The third-order valence-corrected chi connectivity index (χ3v) is 4.06. The van der Waals surface area contributed by atoms with E-state index >= 15 is 0 Å². The van der Waals surface area contributed by atoms with Gasteiger partial charge in [-0.05, 0) is 42.5 Å². The van der Waals surface area contributed by atoms with Crippen LogP contribution in [-0.2, 0) is 6.54 Å². The lowest BCUT2D eigenvalue weighted by Gasteiger charge is -2.11. The number of hydrogen-bond donors (Lipinski definition) is 2. The molecule has 2 N–H and O–H groups in total. The van der Waals surface area contributed by atoms with Gasteiger partial charge in [0.25, 0.3) is 11.8 Å². The van der Waals surface area contributed by atoms with Crippen LogP contribution >= 0.6 is 11.6 Å². The van der Waals surface area contributed by atoms with E-state index in [2.05, 4.69) is 20.6 Å². The number of amides is 2. The molecule has 0 saturated heterocycles. The number of carbonyl (C=O) groups is 2. The van der Waals surface area contributed by atoms with Crippen molar-refractivity contribution in [3.8, 4) is 5.75 Å². The van der Waals surface area contributed by atoms with E-state index < -0.39 is 5.91 Å². The highest BCUT2D eigenvalue weighted by molar-refractivity contribution is 6.31. The normalized spacial score (nSPS) is 10.2. The van der Waals surface area contributed by atoms with Gasteiger partial charge in [0.1, 0.15) is 11.4 Å². The van der Waals surface area contributed by atoms with Crippen molar-refractivity contribution >= 4 is 29.1 Å². The number of halogens is 1. The number of aromatic nitrogens is 2. The van der Waals surface area contributed by atoms with E-state index in [0.29, 0.717) is 22.0 Å². The summed E-state index contributed by atoms with van der Waals surface area (Å²) in [7, 11) is 1.49. The zero-order valence-corrected chi connectivity index (χ0v) is 15.7. The minimum absolute atomic E-state index is 0.0903. The van der Waals surface area contributed by atoms with Crippen molar-refractivity contribution in [3.63, 3.8) is 0 Å². The highest BCUT2D eigenvalue weighted by Crippen LogP contribution is 2.28. The Morgan fingerprint density at radius 3 is 2.64 bits per heavy atom. The predicted molar refractivity (Wildman–Crippen MR) is 106 cm³/mol. The molecule has 2 aromatic heterocycles. The summed E-state index contributed by atoms with van der Waals surface area (Å²) < 4.78 is 5.21. The van der Waals surface area contributed by atoms with Crippen LogP contribution < -0.4 is 15.4 Å². The van der Waals surface area contributed by atoms with Crippen LogP contribution in [0.1, 0.15) is 26.5 Å². The summed E-state index contributed by atoms with van der Waals surface area (Å²) >= 11 is 5.97. The van der Waals surface area contributed by atoms with Crippen molar-refractivity contribution in [3.05, 3.63) is 82.9 Å². The first-order valence-electron chi connectivity index (χ1n) is 8.36. The van der Waals surface area contributed by atoms with Gasteiger partial charge >= 0.3 is 0 Å². The minimum atomic E-state index is -0.486. The summed E-state index contributed by atoms with van der Waals surface area (Å²) in [6.07, 6.45) is 3.06. The fraction of sp³-hybridized carbons (Fsp3) is 0.100. The Bertz CT molecular complexity index is 996. The molecule has 2 amide bonds. The Hall–Kier alpha value is -3.45. The zero-order valence-electron chi connectivity index (χ0n) is 15.0. The molecule has 0 aliphatic rings.